The van der Waals surface area contributed by atoms with Crippen LogP contribution in [0.2, 0.25) is 0 Å². The number of ether oxygens (including phenoxy) is 3. The molecule has 0 saturated carbocycles. The Hall–Kier alpha value is -3.67. The van der Waals surface area contributed by atoms with Gasteiger partial charge >= 0.3 is 12.2 Å². The van der Waals surface area contributed by atoms with Gasteiger partial charge in [0.15, 0.2) is 6.10 Å². The molecule has 1 N–H and O–H groups in total. The molecule has 12 heteroatoms. The van der Waals surface area contributed by atoms with Crippen molar-refractivity contribution in [2.75, 3.05) is 44.4 Å². The van der Waals surface area contributed by atoms with Gasteiger partial charge in [-0.15, -0.1) is 0 Å². The zero-order valence-electron chi connectivity index (χ0n) is 17.4. The van der Waals surface area contributed by atoms with E-state index in [1.165, 1.54) is 17.2 Å². The summed E-state index contributed by atoms with van der Waals surface area (Å²) in [6.45, 7) is -0.0369. The van der Waals surface area contributed by atoms with Crippen molar-refractivity contribution in [3.05, 3.63) is 47.7 Å². The van der Waals surface area contributed by atoms with Crippen LogP contribution in [0.5, 0.6) is 5.88 Å². The lowest BCUT2D eigenvalue weighted by atomic mass is 9.98. The molecular weight excluding hydrogens is 444 g/mol. The molecular formula is C21H21F2N3O7. The molecule has 0 radical (unpaired) electrons. The molecule has 2 aliphatic heterocycles. The summed E-state index contributed by atoms with van der Waals surface area (Å²) in [5.74, 6) is -1.43. The summed E-state index contributed by atoms with van der Waals surface area (Å²) in [6, 6.07) is 3.64. The van der Waals surface area contributed by atoms with E-state index in [2.05, 4.69) is 9.68 Å². The van der Waals surface area contributed by atoms with Crippen LogP contribution in [0.4, 0.5) is 24.1 Å². The van der Waals surface area contributed by atoms with Crippen molar-refractivity contribution in [1.29, 1.82) is 0 Å². The Morgan fingerprint density at radius 2 is 2.09 bits per heavy atom. The van der Waals surface area contributed by atoms with Gasteiger partial charge in [0.25, 0.3) is 5.88 Å². The Labute approximate surface area is 186 Å². The molecule has 1 aromatic heterocycles. The van der Waals surface area contributed by atoms with Crippen LogP contribution in [0.15, 0.2) is 35.1 Å². The molecule has 1 saturated heterocycles. The number of carbonyl (C=O) groups excluding carboxylic acids is 2. The van der Waals surface area contributed by atoms with E-state index in [4.69, 9.17) is 19.3 Å². The maximum atomic E-state index is 14.9. The molecule has 33 heavy (non-hydrogen) atoms. The number of aliphatic hydroxyl groups is 1. The third kappa shape index (κ3) is 5.06. The smallest absolute Gasteiger partial charge is 0.414 e. The van der Waals surface area contributed by atoms with Gasteiger partial charge in [0, 0.05) is 24.7 Å². The van der Waals surface area contributed by atoms with Gasteiger partial charge in [-0.2, -0.15) is 0 Å². The second-order valence-corrected chi connectivity index (χ2v) is 7.31. The average molecular weight is 465 g/mol. The Balaban J connectivity index is 1.42. The zero-order chi connectivity index (χ0) is 23.4. The van der Waals surface area contributed by atoms with E-state index < -0.39 is 29.9 Å². The van der Waals surface area contributed by atoms with Crippen molar-refractivity contribution in [2.45, 2.75) is 12.5 Å². The monoisotopic (exact) mass is 465 g/mol. The molecule has 2 aliphatic rings. The summed E-state index contributed by atoms with van der Waals surface area (Å²) in [5, 5.41) is 12.3. The number of benzene rings is 1. The van der Waals surface area contributed by atoms with E-state index >= 15 is 0 Å². The molecule has 0 aliphatic carbocycles. The highest BCUT2D eigenvalue weighted by molar-refractivity contribution is 5.90. The summed E-state index contributed by atoms with van der Waals surface area (Å²) in [5.41, 5.74) is 0.222. The second kappa shape index (κ2) is 9.86. The molecule has 0 spiro atoms. The lowest BCUT2D eigenvalue weighted by Crippen LogP contribution is -2.35. The van der Waals surface area contributed by atoms with Crippen LogP contribution in [0.25, 0.3) is 5.57 Å². The van der Waals surface area contributed by atoms with E-state index in [1.54, 1.807) is 6.08 Å². The summed E-state index contributed by atoms with van der Waals surface area (Å²) in [4.78, 5) is 26.6. The Morgan fingerprint density at radius 1 is 1.30 bits per heavy atom. The van der Waals surface area contributed by atoms with Gasteiger partial charge in [-0.1, -0.05) is 6.08 Å². The summed E-state index contributed by atoms with van der Waals surface area (Å²) in [6.07, 6.45) is 1.09. The summed E-state index contributed by atoms with van der Waals surface area (Å²) >= 11 is 0. The largest absolute Gasteiger partial charge is 0.471 e. The van der Waals surface area contributed by atoms with Crippen LogP contribution >= 0.6 is 0 Å². The number of cyclic esters (lactones) is 1. The van der Waals surface area contributed by atoms with E-state index in [0.29, 0.717) is 5.57 Å². The number of amides is 2. The lowest BCUT2D eigenvalue weighted by Gasteiger charge is -2.26. The van der Waals surface area contributed by atoms with Crippen LogP contribution in [0.3, 0.4) is 0 Å². The molecule has 1 unspecified atom stereocenters. The maximum Gasteiger partial charge on any atom is 0.414 e. The molecule has 1 aromatic carbocycles. The van der Waals surface area contributed by atoms with E-state index in [-0.39, 0.29) is 63.0 Å². The number of aromatic nitrogens is 1. The number of hydrogen-bond acceptors (Lipinski definition) is 8. The van der Waals surface area contributed by atoms with E-state index in [0.717, 1.165) is 17.0 Å². The zero-order valence-corrected chi connectivity index (χ0v) is 17.4. The van der Waals surface area contributed by atoms with Crippen LogP contribution in [0, 0.1) is 11.6 Å². The topological polar surface area (TPSA) is 115 Å². The fourth-order valence-electron chi connectivity index (χ4n) is 3.58. The van der Waals surface area contributed by atoms with Gasteiger partial charge in [-0.3, -0.25) is 4.90 Å². The molecule has 10 nitrogen and oxygen atoms in total. The highest BCUT2D eigenvalue weighted by Gasteiger charge is 2.34. The number of nitrogens with zero attached hydrogens (tertiary/aromatic N) is 3. The predicted octanol–water partition coefficient (Wildman–Crippen LogP) is 2.58. The number of aliphatic hydroxyl groups excluding tert-OH is 1. The van der Waals surface area contributed by atoms with Gasteiger partial charge < -0.3 is 28.7 Å². The van der Waals surface area contributed by atoms with Crippen LogP contribution < -0.4 is 9.64 Å². The van der Waals surface area contributed by atoms with Crippen molar-refractivity contribution in [2.24, 2.45) is 0 Å². The molecule has 176 valence electrons. The number of rotatable bonds is 7. The van der Waals surface area contributed by atoms with E-state index in [9.17, 15) is 18.4 Å². The second-order valence-electron chi connectivity index (χ2n) is 7.31. The average Bonchev–Trinajstić information content (AvgIpc) is 3.45. The molecule has 2 aromatic rings. The Morgan fingerprint density at radius 3 is 2.73 bits per heavy atom. The highest BCUT2D eigenvalue weighted by Crippen LogP contribution is 2.32. The first kappa shape index (κ1) is 22.5. The van der Waals surface area contributed by atoms with Gasteiger partial charge in [-0.05, 0) is 29.3 Å². The fraction of sp³-hybridized carbons (Fsp3) is 0.381. The number of anilines is 1. The summed E-state index contributed by atoms with van der Waals surface area (Å²) < 4.78 is 49.8. The molecule has 0 bridgehead atoms. The normalized spacial score (nSPS) is 18.2. The van der Waals surface area contributed by atoms with Crippen molar-refractivity contribution >= 4 is 23.4 Å². The van der Waals surface area contributed by atoms with Gasteiger partial charge in [0.2, 0.25) is 0 Å². The van der Waals surface area contributed by atoms with Crippen LogP contribution in [-0.4, -0.2) is 72.9 Å². The number of carbonyl (C=O) groups is 2. The van der Waals surface area contributed by atoms with Gasteiger partial charge in [0.1, 0.15) is 31.1 Å². The number of halogens is 2. The first-order chi connectivity index (χ1) is 16.0. The minimum atomic E-state index is -0.831. The molecule has 2 amide bonds. The minimum Gasteiger partial charge on any atom is -0.471 e. The first-order valence-corrected chi connectivity index (χ1v) is 10.2. The molecule has 1 fully saturated rings. The highest BCUT2D eigenvalue weighted by atomic mass is 19.1. The minimum absolute atomic E-state index is 0.00193. The van der Waals surface area contributed by atoms with Crippen molar-refractivity contribution in [3.63, 3.8) is 0 Å². The van der Waals surface area contributed by atoms with Crippen LogP contribution in [-0.2, 0) is 9.47 Å². The summed E-state index contributed by atoms with van der Waals surface area (Å²) in [7, 11) is 0. The fourth-order valence-corrected chi connectivity index (χ4v) is 3.58. The van der Waals surface area contributed by atoms with Crippen molar-refractivity contribution < 1.29 is 42.2 Å². The van der Waals surface area contributed by atoms with Crippen molar-refractivity contribution in [1.82, 2.24) is 10.1 Å². The van der Waals surface area contributed by atoms with Gasteiger partial charge in [-0.25, -0.2) is 18.4 Å². The first-order valence-electron chi connectivity index (χ1n) is 10.2. The van der Waals surface area contributed by atoms with Crippen molar-refractivity contribution in [3.8, 4) is 5.88 Å². The molecule has 3 heterocycles. The standard InChI is InChI=1S/C21H21F2N3O7/c22-16-9-14(26-11-15(33-21(26)29)12-31-18-3-7-32-24-18)10-17(23)19(16)13-1-4-25(5-2-13)20(28)30-8-6-27/h1,3,7,9-10,15,27H,2,4-6,8,11-12H2. The predicted molar refractivity (Wildman–Crippen MR) is 109 cm³/mol. The SMILES string of the molecule is O=C(OCCO)N1CC=C(c2c(F)cc(N3CC(COc4ccon4)OC3=O)cc2F)CC1. The molecule has 1 atom stereocenters. The maximum absolute atomic E-state index is 14.9. The lowest BCUT2D eigenvalue weighted by molar-refractivity contribution is 0.0871. The third-order valence-corrected chi connectivity index (χ3v) is 5.15. The van der Waals surface area contributed by atoms with E-state index in [1.807, 2.05) is 0 Å². The third-order valence-electron chi connectivity index (χ3n) is 5.15. The Kier molecular flexibility index (Phi) is 6.73. The van der Waals surface area contributed by atoms with Gasteiger partial charge in [0.05, 0.1) is 18.8 Å². The Bertz CT molecular complexity index is 1020. The molecule has 4 rings (SSSR count). The quantitative estimate of drug-likeness (QED) is 0.664. The number of hydrogen-bond donors (Lipinski definition) is 1. The van der Waals surface area contributed by atoms with Crippen LogP contribution in [0.1, 0.15) is 12.0 Å².